The van der Waals surface area contributed by atoms with Gasteiger partial charge in [-0.2, -0.15) is 10.5 Å². The predicted octanol–water partition coefficient (Wildman–Crippen LogP) is 4.42. The van der Waals surface area contributed by atoms with E-state index in [1.807, 2.05) is 30.3 Å². The van der Waals surface area contributed by atoms with Crippen molar-refractivity contribution in [3.63, 3.8) is 0 Å². The summed E-state index contributed by atoms with van der Waals surface area (Å²) in [5, 5.41) is 18.4. The molecule has 1 heterocycles. The average molecular weight is 468 g/mol. The highest BCUT2D eigenvalue weighted by molar-refractivity contribution is 7.93. The number of benzene rings is 3. The lowest BCUT2D eigenvalue weighted by atomic mass is 10.1. The van der Waals surface area contributed by atoms with Crippen molar-refractivity contribution in [3.8, 4) is 29.4 Å². The smallest absolute Gasteiger partial charge is 0.257 e. The molecule has 8 heteroatoms. The molecule has 0 saturated carbocycles. The monoisotopic (exact) mass is 467 g/mol. The summed E-state index contributed by atoms with van der Waals surface area (Å²) in [5.41, 5.74) is 3.48. The average Bonchev–Trinajstić information content (AvgIpc) is 3.42. The standard InChI is InChI=1S/C26H17N3O4S/c27-14-16-10-17(15-28)12-20(11-16)33-23-3-1-2-21-22(23)8-9-24(21)32-19-6-4-18(5-7-19)25-13-26(30)29-34(25)31/h1-7,10-13,24H,8-9H2,(H,29,30)/t24-,34?/m1/s1. The first-order chi connectivity index (χ1) is 16.5. The second-order valence-corrected chi connectivity index (χ2v) is 8.99. The van der Waals surface area contributed by atoms with E-state index in [1.165, 1.54) is 12.1 Å². The number of amides is 1. The zero-order valence-electron chi connectivity index (χ0n) is 17.8. The molecule has 0 spiro atoms. The summed E-state index contributed by atoms with van der Waals surface area (Å²) < 4.78 is 26.6. The topological polar surface area (TPSA) is 112 Å². The zero-order valence-corrected chi connectivity index (χ0v) is 18.6. The van der Waals surface area contributed by atoms with Crippen LogP contribution in [0.1, 0.15) is 40.3 Å². The van der Waals surface area contributed by atoms with Gasteiger partial charge in [-0.1, -0.05) is 24.3 Å². The number of nitrogens with one attached hydrogen (secondary N) is 1. The Morgan fingerprint density at radius 2 is 1.71 bits per heavy atom. The summed E-state index contributed by atoms with van der Waals surface area (Å²) >= 11 is 0. The lowest BCUT2D eigenvalue weighted by molar-refractivity contribution is -0.114. The molecule has 1 N–H and O–H groups in total. The van der Waals surface area contributed by atoms with E-state index in [2.05, 4.69) is 4.72 Å². The second-order valence-electron chi connectivity index (χ2n) is 7.81. The number of hydrogen-bond acceptors (Lipinski definition) is 6. The third-order valence-corrected chi connectivity index (χ3v) is 6.78. The summed E-state index contributed by atoms with van der Waals surface area (Å²) in [5.74, 6) is 1.41. The van der Waals surface area contributed by atoms with Crippen molar-refractivity contribution in [1.82, 2.24) is 4.72 Å². The Bertz CT molecular complexity index is 1420. The molecule has 0 aromatic heterocycles. The largest absolute Gasteiger partial charge is 0.486 e. The van der Waals surface area contributed by atoms with Gasteiger partial charge in [0.05, 0.1) is 28.2 Å². The number of hydrogen-bond donors (Lipinski definition) is 1. The van der Waals surface area contributed by atoms with E-state index in [0.29, 0.717) is 38.8 Å². The maximum atomic E-state index is 12.0. The van der Waals surface area contributed by atoms with Gasteiger partial charge in [-0.25, -0.2) is 4.21 Å². The molecule has 0 radical (unpaired) electrons. The molecule has 166 valence electrons. The molecular formula is C26H17N3O4S. The molecule has 1 aliphatic carbocycles. The van der Waals surface area contributed by atoms with E-state index in [1.54, 1.807) is 36.4 Å². The number of rotatable bonds is 5. The Morgan fingerprint density at radius 3 is 2.35 bits per heavy atom. The van der Waals surface area contributed by atoms with Gasteiger partial charge in [-0.3, -0.25) is 9.52 Å². The van der Waals surface area contributed by atoms with Gasteiger partial charge in [0, 0.05) is 11.6 Å². The van der Waals surface area contributed by atoms with Crippen LogP contribution in [0.5, 0.6) is 17.2 Å². The van der Waals surface area contributed by atoms with Gasteiger partial charge in [0.2, 0.25) is 0 Å². The highest BCUT2D eigenvalue weighted by Crippen LogP contribution is 2.41. The molecule has 1 unspecified atom stereocenters. The van der Waals surface area contributed by atoms with Crippen LogP contribution in [-0.2, 0) is 22.2 Å². The van der Waals surface area contributed by atoms with E-state index in [9.17, 15) is 19.5 Å². The fourth-order valence-corrected chi connectivity index (χ4v) is 5.03. The van der Waals surface area contributed by atoms with Crippen molar-refractivity contribution in [1.29, 1.82) is 10.5 Å². The Morgan fingerprint density at radius 1 is 0.971 bits per heavy atom. The van der Waals surface area contributed by atoms with Crippen LogP contribution < -0.4 is 14.2 Å². The molecular weight excluding hydrogens is 450 g/mol. The molecule has 34 heavy (non-hydrogen) atoms. The molecule has 2 atom stereocenters. The molecule has 5 rings (SSSR count). The molecule has 0 saturated heterocycles. The Hall–Kier alpha value is -4.40. The van der Waals surface area contributed by atoms with E-state index < -0.39 is 11.0 Å². The van der Waals surface area contributed by atoms with Gasteiger partial charge < -0.3 is 9.47 Å². The first kappa shape index (κ1) is 21.4. The normalized spacial score (nSPS) is 18.3. The van der Waals surface area contributed by atoms with E-state index in [0.717, 1.165) is 24.0 Å². The highest BCUT2D eigenvalue weighted by atomic mass is 32.2. The van der Waals surface area contributed by atoms with Gasteiger partial charge in [-0.15, -0.1) is 0 Å². The van der Waals surface area contributed by atoms with Crippen LogP contribution >= 0.6 is 0 Å². The first-order valence-corrected chi connectivity index (χ1v) is 11.6. The minimum atomic E-state index is -1.53. The number of carbonyl (C=O) groups excluding carboxylic acids is 1. The number of ether oxygens (including phenoxy) is 2. The molecule has 3 aromatic carbocycles. The molecule has 7 nitrogen and oxygen atoms in total. The van der Waals surface area contributed by atoms with E-state index >= 15 is 0 Å². The van der Waals surface area contributed by atoms with Crippen LogP contribution in [0.4, 0.5) is 0 Å². The van der Waals surface area contributed by atoms with Gasteiger partial charge in [0.1, 0.15) is 23.4 Å². The first-order valence-electron chi connectivity index (χ1n) is 10.5. The van der Waals surface area contributed by atoms with Crippen LogP contribution in [-0.4, -0.2) is 10.1 Å². The highest BCUT2D eigenvalue weighted by Gasteiger charge is 2.27. The van der Waals surface area contributed by atoms with Crippen LogP contribution in [0.15, 0.2) is 66.7 Å². The molecule has 1 amide bonds. The summed E-state index contributed by atoms with van der Waals surface area (Å²) in [6, 6.07) is 21.8. The van der Waals surface area contributed by atoms with Crippen molar-refractivity contribution in [3.05, 3.63) is 94.6 Å². The Kier molecular flexibility index (Phi) is 5.59. The van der Waals surface area contributed by atoms with Crippen molar-refractivity contribution in [2.75, 3.05) is 0 Å². The molecule has 3 aromatic rings. The number of carbonyl (C=O) groups is 1. The van der Waals surface area contributed by atoms with Gasteiger partial charge in [0.15, 0.2) is 11.0 Å². The molecule has 0 fully saturated rings. The summed E-state index contributed by atoms with van der Waals surface area (Å²) in [6.45, 7) is 0. The maximum absolute atomic E-state index is 12.0. The number of fused-ring (bicyclic) bond motifs is 1. The predicted molar refractivity (Wildman–Crippen MR) is 125 cm³/mol. The Labute approximate surface area is 198 Å². The lowest BCUT2D eigenvalue weighted by Gasteiger charge is -2.16. The minimum absolute atomic E-state index is 0.160. The molecule has 1 aliphatic heterocycles. The second kappa shape index (κ2) is 8.86. The summed E-state index contributed by atoms with van der Waals surface area (Å²) in [7, 11) is -1.53. The zero-order chi connectivity index (χ0) is 23.7. The van der Waals surface area contributed by atoms with E-state index in [4.69, 9.17) is 9.47 Å². The van der Waals surface area contributed by atoms with Crippen molar-refractivity contribution >= 4 is 21.8 Å². The van der Waals surface area contributed by atoms with E-state index in [-0.39, 0.29) is 12.0 Å². The van der Waals surface area contributed by atoms with Crippen LogP contribution in [0.2, 0.25) is 0 Å². The van der Waals surface area contributed by atoms with Gasteiger partial charge >= 0.3 is 0 Å². The SMILES string of the molecule is N#Cc1cc(C#N)cc(Oc2cccc3c2CC[C@H]3Oc2ccc(C3=CC(=O)NS3=O)cc2)c1. The van der Waals surface area contributed by atoms with Crippen LogP contribution in [0, 0.1) is 22.7 Å². The molecule has 2 aliphatic rings. The third-order valence-electron chi connectivity index (χ3n) is 5.64. The quantitative estimate of drug-likeness (QED) is 0.594. The van der Waals surface area contributed by atoms with Crippen molar-refractivity contribution < 1.29 is 18.5 Å². The number of nitriles is 2. The Balaban J connectivity index is 1.35. The maximum Gasteiger partial charge on any atom is 0.257 e. The number of nitrogens with zero attached hydrogens (tertiary/aromatic N) is 2. The fourth-order valence-electron chi connectivity index (χ4n) is 4.12. The fraction of sp³-hybridized carbons (Fsp3) is 0.115. The summed E-state index contributed by atoms with van der Waals surface area (Å²) in [4.78, 5) is 11.9. The van der Waals surface area contributed by atoms with Crippen LogP contribution in [0.3, 0.4) is 0 Å². The summed E-state index contributed by atoms with van der Waals surface area (Å²) in [6.07, 6.45) is 2.71. The van der Waals surface area contributed by atoms with Crippen molar-refractivity contribution in [2.24, 2.45) is 0 Å². The lowest BCUT2D eigenvalue weighted by Crippen LogP contribution is -2.16. The third kappa shape index (κ3) is 4.15. The van der Waals surface area contributed by atoms with Crippen LogP contribution in [0.25, 0.3) is 4.91 Å². The van der Waals surface area contributed by atoms with Gasteiger partial charge in [0.25, 0.3) is 5.91 Å². The van der Waals surface area contributed by atoms with Gasteiger partial charge in [-0.05, 0) is 60.4 Å². The van der Waals surface area contributed by atoms with Crippen molar-refractivity contribution in [2.45, 2.75) is 18.9 Å². The molecule has 0 bridgehead atoms. The minimum Gasteiger partial charge on any atom is -0.486 e.